The minimum absolute atomic E-state index is 0.157. The van der Waals surface area contributed by atoms with E-state index in [1.807, 2.05) is 121 Å². The quantitative estimate of drug-likeness (QED) is 0.116. The first-order chi connectivity index (χ1) is 24.2. The summed E-state index contributed by atoms with van der Waals surface area (Å²) in [7, 11) is 0. The van der Waals surface area contributed by atoms with Crippen LogP contribution < -0.4 is 9.47 Å². The summed E-state index contributed by atoms with van der Waals surface area (Å²) in [6.45, 7) is 1.04. The number of benzene rings is 6. The Morgan fingerprint density at radius 1 is 0.500 bits per heavy atom. The summed E-state index contributed by atoms with van der Waals surface area (Å²) in [6.07, 6.45) is 0. The van der Waals surface area contributed by atoms with Crippen molar-refractivity contribution in [1.82, 2.24) is 9.80 Å². The topological polar surface area (TPSA) is 59.1 Å². The van der Waals surface area contributed by atoms with Crippen molar-refractivity contribution < 1.29 is 19.1 Å². The molecule has 0 unspecified atom stereocenters. The van der Waals surface area contributed by atoms with Crippen LogP contribution in [0.4, 0.5) is 0 Å². The molecule has 10 heteroatoms. The molecule has 0 aliphatic heterocycles. The number of carbonyl (C=O) groups is 2. The van der Waals surface area contributed by atoms with Gasteiger partial charge in [-0.1, -0.05) is 117 Å². The summed E-state index contributed by atoms with van der Waals surface area (Å²) in [5, 5.41) is 4.06. The molecular formula is C40H32Br4N2O4. The van der Waals surface area contributed by atoms with Crippen molar-refractivity contribution in [3.8, 4) is 11.5 Å². The summed E-state index contributed by atoms with van der Waals surface area (Å²) in [5.41, 5.74) is 1.96. The highest BCUT2D eigenvalue weighted by Gasteiger charge is 2.21. The predicted octanol–water partition coefficient (Wildman–Crippen LogP) is 10.6. The first-order valence-electron chi connectivity index (χ1n) is 15.9. The molecule has 6 rings (SSSR count). The number of carbonyl (C=O) groups excluding carboxylic acids is 2. The van der Waals surface area contributed by atoms with Gasteiger partial charge >= 0.3 is 0 Å². The molecule has 0 bridgehead atoms. The summed E-state index contributed by atoms with van der Waals surface area (Å²) in [6, 6.07) is 39.3. The van der Waals surface area contributed by atoms with Crippen molar-refractivity contribution in [2.45, 2.75) is 13.1 Å². The normalized spacial score (nSPS) is 11.0. The summed E-state index contributed by atoms with van der Waals surface area (Å²) >= 11 is 14.4. The molecule has 0 aliphatic carbocycles. The number of nitrogens with zero attached hydrogens (tertiary/aromatic N) is 2. The summed E-state index contributed by atoms with van der Waals surface area (Å²) in [4.78, 5) is 31.1. The zero-order chi connectivity index (χ0) is 35.0. The summed E-state index contributed by atoms with van der Waals surface area (Å²) in [5.74, 6) is 0.787. The van der Waals surface area contributed by atoms with Crippen LogP contribution in [0, 0.1) is 0 Å². The van der Waals surface area contributed by atoms with Crippen molar-refractivity contribution in [2.24, 2.45) is 0 Å². The van der Waals surface area contributed by atoms with Gasteiger partial charge in [0.05, 0.1) is 8.95 Å². The molecule has 50 heavy (non-hydrogen) atoms. The smallest absolute Gasteiger partial charge is 0.260 e. The molecule has 0 aliphatic rings. The number of amides is 2. The number of hydrogen-bond donors (Lipinski definition) is 0. The Hall–Kier alpha value is -3.70. The second kappa shape index (κ2) is 17.0. The fraction of sp³-hybridized carbons (Fsp3) is 0.150. The zero-order valence-electron chi connectivity index (χ0n) is 26.8. The Kier molecular flexibility index (Phi) is 12.3. The Balaban J connectivity index is 1.18. The first-order valence-corrected chi connectivity index (χ1v) is 19.1. The molecule has 0 aromatic heterocycles. The van der Waals surface area contributed by atoms with Gasteiger partial charge in [-0.2, -0.15) is 0 Å². The fourth-order valence-corrected chi connectivity index (χ4v) is 7.58. The van der Waals surface area contributed by atoms with Gasteiger partial charge in [-0.15, -0.1) is 0 Å². The van der Waals surface area contributed by atoms with Crippen LogP contribution in [0.5, 0.6) is 11.5 Å². The predicted molar refractivity (Wildman–Crippen MR) is 213 cm³/mol. The van der Waals surface area contributed by atoms with Gasteiger partial charge in [0.15, 0.2) is 13.2 Å². The van der Waals surface area contributed by atoms with Gasteiger partial charge in [0.25, 0.3) is 11.8 Å². The van der Waals surface area contributed by atoms with E-state index in [0.29, 0.717) is 37.7 Å². The molecule has 2 amide bonds. The molecule has 0 saturated carbocycles. The van der Waals surface area contributed by atoms with E-state index in [1.54, 1.807) is 9.80 Å². The lowest BCUT2D eigenvalue weighted by Gasteiger charge is -2.28. The molecule has 6 nitrogen and oxygen atoms in total. The molecule has 254 valence electrons. The van der Waals surface area contributed by atoms with Crippen molar-refractivity contribution in [3.63, 3.8) is 0 Å². The second-order valence-electron chi connectivity index (χ2n) is 11.7. The van der Waals surface area contributed by atoms with Gasteiger partial charge in [-0.3, -0.25) is 9.59 Å². The van der Waals surface area contributed by atoms with Crippen LogP contribution in [-0.4, -0.2) is 47.9 Å². The molecule has 0 atom stereocenters. The highest BCUT2D eigenvalue weighted by atomic mass is 79.9. The third-order valence-electron chi connectivity index (χ3n) is 8.24. The number of hydrogen-bond acceptors (Lipinski definition) is 4. The van der Waals surface area contributed by atoms with Crippen molar-refractivity contribution >= 4 is 97.1 Å². The molecule has 0 fully saturated rings. The summed E-state index contributed by atoms with van der Waals surface area (Å²) < 4.78 is 15.7. The van der Waals surface area contributed by atoms with E-state index in [9.17, 15) is 9.59 Å². The van der Waals surface area contributed by atoms with Gasteiger partial charge in [-0.05, 0) is 101 Å². The SMILES string of the molecule is O=C(COc1ccc2cc(Br)ccc2c1Br)N(CCN(Cc1ccccc1)C(=O)COc1ccc2cc(Br)ccc2c1Br)Cc1ccccc1. The van der Waals surface area contributed by atoms with E-state index < -0.39 is 0 Å². The van der Waals surface area contributed by atoms with Gasteiger partial charge in [-0.25, -0.2) is 0 Å². The Bertz CT molecular complexity index is 1980. The lowest BCUT2D eigenvalue weighted by molar-refractivity contribution is -0.138. The third-order valence-corrected chi connectivity index (χ3v) is 10.9. The largest absolute Gasteiger partial charge is 0.483 e. The molecular weight excluding hydrogens is 892 g/mol. The maximum Gasteiger partial charge on any atom is 0.260 e. The van der Waals surface area contributed by atoms with Crippen LogP contribution in [-0.2, 0) is 22.7 Å². The minimum atomic E-state index is -0.188. The van der Waals surface area contributed by atoms with Crippen LogP contribution in [0.15, 0.2) is 139 Å². The van der Waals surface area contributed by atoms with Crippen LogP contribution >= 0.6 is 63.7 Å². The fourth-order valence-electron chi connectivity index (χ4n) is 5.60. The van der Waals surface area contributed by atoms with E-state index in [1.165, 1.54) is 0 Å². The first kappa shape index (κ1) is 36.1. The standard InChI is InChI=1S/C40H32Br4N2O4/c41-31-13-15-33-29(21-31)11-17-35(39(33)43)49-25-37(47)45(23-27-7-3-1-4-8-27)19-20-46(24-28-9-5-2-6-10-28)38(48)26-50-36-18-12-30-22-32(42)14-16-34(30)40(36)44/h1-18,21-22H,19-20,23-26H2. The van der Waals surface area contributed by atoms with E-state index in [2.05, 4.69) is 63.7 Å². The number of ether oxygens (including phenoxy) is 2. The molecule has 6 aromatic carbocycles. The maximum absolute atomic E-state index is 13.8. The van der Waals surface area contributed by atoms with E-state index in [4.69, 9.17) is 9.47 Å². The average molecular weight is 924 g/mol. The van der Waals surface area contributed by atoms with Crippen molar-refractivity contribution in [3.05, 3.63) is 150 Å². The Labute approximate surface area is 324 Å². The highest BCUT2D eigenvalue weighted by molar-refractivity contribution is 9.11. The molecule has 0 spiro atoms. The molecule has 0 N–H and O–H groups in total. The molecule has 0 radical (unpaired) electrons. The highest BCUT2D eigenvalue weighted by Crippen LogP contribution is 2.35. The van der Waals surface area contributed by atoms with Crippen molar-refractivity contribution in [2.75, 3.05) is 26.3 Å². The lowest BCUT2D eigenvalue weighted by atomic mass is 10.1. The Morgan fingerprint density at radius 3 is 1.30 bits per heavy atom. The second-order valence-corrected chi connectivity index (χ2v) is 15.1. The van der Waals surface area contributed by atoms with Crippen LogP contribution in [0.3, 0.4) is 0 Å². The minimum Gasteiger partial charge on any atom is -0.483 e. The van der Waals surface area contributed by atoms with E-state index in [-0.39, 0.29) is 25.0 Å². The van der Waals surface area contributed by atoms with E-state index in [0.717, 1.165) is 50.6 Å². The van der Waals surface area contributed by atoms with Crippen LogP contribution in [0.1, 0.15) is 11.1 Å². The van der Waals surface area contributed by atoms with Crippen molar-refractivity contribution in [1.29, 1.82) is 0 Å². The third kappa shape index (κ3) is 9.15. The van der Waals surface area contributed by atoms with E-state index >= 15 is 0 Å². The van der Waals surface area contributed by atoms with Crippen LogP contribution in [0.2, 0.25) is 0 Å². The van der Waals surface area contributed by atoms with Gasteiger partial charge in [0.1, 0.15) is 11.5 Å². The molecule has 0 heterocycles. The van der Waals surface area contributed by atoms with Gasteiger partial charge < -0.3 is 19.3 Å². The zero-order valence-corrected chi connectivity index (χ0v) is 33.2. The average Bonchev–Trinajstić information content (AvgIpc) is 3.12. The number of fused-ring (bicyclic) bond motifs is 2. The number of halogens is 4. The molecule has 6 aromatic rings. The van der Waals surface area contributed by atoms with Crippen LogP contribution in [0.25, 0.3) is 21.5 Å². The monoisotopic (exact) mass is 920 g/mol. The lowest BCUT2D eigenvalue weighted by Crippen LogP contribution is -2.43. The Morgan fingerprint density at radius 2 is 0.900 bits per heavy atom. The van der Waals surface area contributed by atoms with Gasteiger partial charge in [0, 0.05) is 35.1 Å². The molecule has 0 saturated heterocycles. The van der Waals surface area contributed by atoms with Gasteiger partial charge in [0.2, 0.25) is 0 Å². The number of rotatable bonds is 13. The maximum atomic E-state index is 13.8.